The zero-order chi connectivity index (χ0) is 19.8. The molecule has 0 bridgehead atoms. The molecule has 0 saturated heterocycles. The minimum absolute atomic E-state index is 0.0683. The Hall–Kier alpha value is -1.35. The minimum Gasteiger partial charge on any atom is -0.338 e. The van der Waals surface area contributed by atoms with E-state index in [1.165, 1.54) is 0 Å². The molecule has 1 N–H and O–H groups in total. The largest absolute Gasteiger partial charge is 0.338 e. The summed E-state index contributed by atoms with van der Waals surface area (Å²) in [7, 11) is 0. The van der Waals surface area contributed by atoms with Crippen molar-refractivity contribution >= 4 is 22.8 Å². The van der Waals surface area contributed by atoms with E-state index in [0.717, 1.165) is 30.4 Å². The van der Waals surface area contributed by atoms with Gasteiger partial charge in [0.2, 0.25) is 5.24 Å². The van der Waals surface area contributed by atoms with Gasteiger partial charge in [-0.2, -0.15) is 0 Å². The van der Waals surface area contributed by atoms with E-state index in [-0.39, 0.29) is 16.7 Å². The summed E-state index contributed by atoms with van der Waals surface area (Å²) < 4.78 is 0. The monoisotopic (exact) mass is 377 g/mol. The first-order chi connectivity index (χ1) is 11.8. The topological polar surface area (TPSA) is 46.2 Å². The van der Waals surface area contributed by atoms with Gasteiger partial charge in [-0.15, -0.1) is 0 Å². The Labute approximate surface area is 162 Å². The number of halogens is 1. The molecule has 1 aromatic rings. The Kier molecular flexibility index (Phi) is 5.92. The van der Waals surface area contributed by atoms with Crippen LogP contribution >= 0.6 is 11.6 Å². The van der Waals surface area contributed by atoms with E-state index >= 15 is 0 Å². The van der Waals surface area contributed by atoms with Gasteiger partial charge in [-0.05, 0) is 58.5 Å². The molecular formula is C22H32ClNO2. The fraction of sp³-hybridized carbons (Fsp3) is 0.636. The molecule has 0 radical (unpaired) electrons. The predicted molar refractivity (Wildman–Crippen MR) is 108 cm³/mol. The fourth-order valence-corrected chi connectivity index (χ4v) is 3.68. The number of benzene rings is 1. The van der Waals surface area contributed by atoms with Gasteiger partial charge < -0.3 is 5.32 Å². The predicted octanol–water partition coefficient (Wildman–Crippen LogP) is 5.48. The Bertz CT molecular complexity index is 657. The fourth-order valence-electron chi connectivity index (χ4n) is 3.44. The molecule has 0 aliphatic heterocycles. The van der Waals surface area contributed by atoms with E-state index < -0.39 is 10.8 Å². The Balaban J connectivity index is 2.43. The van der Waals surface area contributed by atoms with Crippen LogP contribution in [0.4, 0.5) is 0 Å². The van der Waals surface area contributed by atoms with Gasteiger partial charge in [0.15, 0.2) is 0 Å². The van der Waals surface area contributed by atoms with Gasteiger partial charge in [-0.25, -0.2) is 0 Å². The first-order valence-electron chi connectivity index (χ1n) is 9.54. The van der Waals surface area contributed by atoms with Crippen molar-refractivity contribution in [2.75, 3.05) is 0 Å². The van der Waals surface area contributed by atoms with Crippen molar-refractivity contribution in [3.63, 3.8) is 0 Å². The zero-order valence-electron chi connectivity index (χ0n) is 17.0. The number of hydrogen-bond donors (Lipinski definition) is 1. The molecule has 0 aromatic heterocycles. The summed E-state index contributed by atoms with van der Waals surface area (Å²) in [5.41, 5.74) is 1.78. The summed E-state index contributed by atoms with van der Waals surface area (Å²) >= 11 is 5.90. The van der Waals surface area contributed by atoms with E-state index in [0.29, 0.717) is 18.4 Å². The lowest BCUT2D eigenvalue weighted by atomic mass is 9.79. The van der Waals surface area contributed by atoms with Crippen molar-refractivity contribution in [2.45, 2.75) is 90.0 Å². The van der Waals surface area contributed by atoms with Crippen LogP contribution in [0.2, 0.25) is 0 Å². The molecule has 1 aliphatic rings. The lowest BCUT2D eigenvalue weighted by Crippen LogP contribution is -2.54. The van der Waals surface area contributed by atoms with Gasteiger partial charge in [0.25, 0.3) is 5.91 Å². The molecule has 1 amide bonds. The van der Waals surface area contributed by atoms with Gasteiger partial charge in [0.05, 0.1) is 0 Å². The molecule has 26 heavy (non-hydrogen) atoms. The second-order valence-electron chi connectivity index (χ2n) is 9.67. The van der Waals surface area contributed by atoms with Crippen LogP contribution in [-0.4, -0.2) is 16.7 Å². The van der Waals surface area contributed by atoms with Crippen LogP contribution in [0.15, 0.2) is 18.2 Å². The van der Waals surface area contributed by atoms with Crippen LogP contribution in [0.25, 0.3) is 0 Å². The first-order valence-corrected chi connectivity index (χ1v) is 9.91. The maximum atomic E-state index is 13.1. The quantitative estimate of drug-likeness (QED) is 0.709. The summed E-state index contributed by atoms with van der Waals surface area (Å²) in [5.74, 6) is -0.211. The van der Waals surface area contributed by atoms with Crippen molar-refractivity contribution in [3.05, 3.63) is 34.9 Å². The molecule has 1 aliphatic carbocycles. The summed E-state index contributed by atoms with van der Waals surface area (Å²) in [4.78, 5) is 25.1. The van der Waals surface area contributed by atoms with E-state index in [9.17, 15) is 9.59 Å². The molecule has 0 atom stereocenters. The van der Waals surface area contributed by atoms with Crippen molar-refractivity contribution < 1.29 is 9.59 Å². The van der Waals surface area contributed by atoms with Gasteiger partial charge in [0, 0.05) is 5.56 Å². The standard InChI is InChI=1S/C22H32ClNO2/c1-20(2,3)16-12-15(13-17(14-16)21(4,5)6)18(25)24-22(19(23)26)10-8-7-9-11-22/h12-14H,7-11H2,1-6H3,(H,24,25). The van der Waals surface area contributed by atoms with E-state index in [1.54, 1.807) is 0 Å². The lowest BCUT2D eigenvalue weighted by Gasteiger charge is -2.35. The summed E-state index contributed by atoms with van der Waals surface area (Å²) in [6, 6.07) is 6.07. The highest BCUT2D eigenvalue weighted by molar-refractivity contribution is 6.65. The third kappa shape index (κ3) is 4.68. The Morgan fingerprint density at radius 3 is 1.73 bits per heavy atom. The van der Waals surface area contributed by atoms with Gasteiger partial charge in [-0.1, -0.05) is 66.9 Å². The van der Waals surface area contributed by atoms with Crippen molar-refractivity contribution in [2.24, 2.45) is 0 Å². The first kappa shape index (κ1) is 21.0. The molecule has 3 nitrogen and oxygen atoms in total. The highest BCUT2D eigenvalue weighted by atomic mass is 35.5. The van der Waals surface area contributed by atoms with E-state index in [4.69, 9.17) is 11.6 Å². The summed E-state index contributed by atoms with van der Waals surface area (Å²) in [6.45, 7) is 12.8. The smallest absolute Gasteiger partial charge is 0.252 e. The number of rotatable bonds is 3. The van der Waals surface area contributed by atoms with E-state index in [2.05, 4.69) is 52.9 Å². The van der Waals surface area contributed by atoms with Crippen LogP contribution in [0.5, 0.6) is 0 Å². The van der Waals surface area contributed by atoms with Crippen molar-refractivity contribution in [1.82, 2.24) is 5.32 Å². The van der Waals surface area contributed by atoms with Crippen LogP contribution < -0.4 is 5.32 Å². The molecule has 2 rings (SSSR count). The highest BCUT2D eigenvalue weighted by Crippen LogP contribution is 2.33. The Morgan fingerprint density at radius 1 is 0.885 bits per heavy atom. The van der Waals surface area contributed by atoms with Gasteiger partial charge in [-0.3, -0.25) is 9.59 Å². The SMILES string of the molecule is CC(C)(C)c1cc(C(=O)NC2(C(=O)Cl)CCCCC2)cc(C(C)(C)C)c1. The maximum Gasteiger partial charge on any atom is 0.252 e. The van der Waals surface area contributed by atoms with Crippen LogP contribution in [0.1, 0.15) is 95.1 Å². The van der Waals surface area contributed by atoms with Gasteiger partial charge in [0.1, 0.15) is 5.54 Å². The van der Waals surface area contributed by atoms with E-state index in [1.807, 2.05) is 12.1 Å². The molecule has 0 heterocycles. The molecule has 0 unspecified atom stereocenters. The number of carbonyl (C=O) groups excluding carboxylic acids is 2. The van der Waals surface area contributed by atoms with Crippen LogP contribution in [0, 0.1) is 0 Å². The number of carbonyl (C=O) groups is 2. The number of hydrogen-bond acceptors (Lipinski definition) is 2. The average molecular weight is 378 g/mol. The second kappa shape index (κ2) is 7.34. The average Bonchev–Trinajstić information content (AvgIpc) is 2.53. The molecule has 4 heteroatoms. The highest BCUT2D eigenvalue weighted by Gasteiger charge is 2.40. The second-order valence-corrected chi connectivity index (χ2v) is 10.0. The normalized spacial score (nSPS) is 17.7. The van der Waals surface area contributed by atoms with Crippen molar-refractivity contribution in [3.8, 4) is 0 Å². The zero-order valence-corrected chi connectivity index (χ0v) is 17.7. The third-order valence-electron chi connectivity index (χ3n) is 5.36. The van der Waals surface area contributed by atoms with Crippen molar-refractivity contribution in [1.29, 1.82) is 0 Å². The molecule has 0 spiro atoms. The minimum atomic E-state index is -0.920. The number of amides is 1. The van der Waals surface area contributed by atoms with Crippen LogP contribution in [-0.2, 0) is 15.6 Å². The Morgan fingerprint density at radius 2 is 1.35 bits per heavy atom. The molecular weight excluding hydrogens is 346 g/mol. The maximum absolute atomic E-state index is 13.1. The molecule has 1 saturated carbocycles. The molecule has 144 valence electrons. The lowest BCUT2D eigenvalue weighted by molar-refractivity contribution is -0.118. The molecule has 1 aromatic carbocycles. The third-order valence-corrected chi connectivity index (χ3v) is 5.73. The summed E-state index contributed by atoms with van der Waals surface area (Å²) in [6.07, 6.45) is 4.13. The summed E-state index contributed by atoms with van der Waals surface area (Å²) in [5, 5.41) is 2.53. The number of nitrogens with one attached hydrogen (secondary N) is 1. The molecule has 1 fully saturated rings. The van der Waals surface area contributed by atoms with Crippen LogP contribution in [0.3, 0.4) is 0 Å². The van der Waals surface area contributed by atoms with Gasteiger partial charge >= 0.3 is 0 Å².